The largest absolute Gasteiger partial charge is 0.326 e. The molecule has 1 aromatic carbocycles. The molecule has 17 heavy (non-hydrogen) atoms. The van der Waals surface area contributed by atoms with E-state index in [2.05, 4.69) is 21.5 Å². The predicted molar refractivity (Wildman–Crippen MR) is 65.5 cm³/mol. The van der Waals surface area contributed by atoms with Gasteiger partial charge >= 0.3 is 0 Å². The highest BCUT2D eigenvalue weighted by Gasteiger charge is 2.20. The van der Waals surface area contributed by atoms with Gasteiger partial charge in [-0.1, -0.05) is 0 Å². The van der Waals surface area contributed by atoms with E-state index in [4.69, 9.17) is 0 Å². The van der Waals surface area contributed by atoms with Crippen molar-refractivity contribution in [1.29, 1.82) is 0 Å². The molecule has 90 valence electrons. The van der Waals surface area contributed by atoms with Gasteiger partial charge in [0.1, 0.15) is 5.82 Å². The highest BCUT2D eigenvalue weighted by atomic mass is 19.1. The molecule has 1 unspecified atom stereocenters. The first-order valence-electron chi connectivity index (χ1n) is 6.04. The number of benzene rings is 1. The number of fused-ring (bicyclic) bond motifs is 1. The number of likely N-dealkylation sites (tertiary alicyclic amines) is 1. The Morgan fingerprint density at radius 2 is 2.29 bits per heavy atom. The van der Waals surface area contributed by atoms with E-state index >= 15 is 0 Å². The number of hydrogen-bond donors (Lipinski definition) is 0. The highest BCUT2D eigenvalue weighted by Crippen LogP contribution is 2.25. The molecule has 1 aromatic heterocycles. The van der Waals surface area contributed by atoms with Gasteiger partial charge in [0, 0.05) is 18.7 Å². The summed E-state index contributed by atoms with van der Waals surface area (Å²) in [6.07, 6.45) is 4.23. The first-order valence-corrected chi connectivity index (χ1v) is 6.04. The summed E-state index contributed by atoms with van der Waals surface area (Å²) in [4.78, 5) is 6.62. The van der Waals surface area contributed by atoms with Crippen molar-refractivity contribution in [1.82, 2.24) is 14.5 Å². The maximum absolute atomic E-state index is 13.1. The van der Waals surface area contributed by atoms with Gasteiger partial charge in [0.25, 0.3) is 0 Å². The van der Waals surface area contributed by atoms with Gasteiger partial charge in [-0.25, -0.2) is 9.37 Å². The molecular weight excluding hydrogens is 217 g/mol. The first-order chi connectivity index (χ1) is 8.24. The number of likely N-dealkylation sites (N-methyl/N-ethyl adjacent to an activating group) is 1. The third kappa shape index (κ3) is 1.93. The van der Waals surface area contributed by atoms with Crippen LogP contribution < -0.4 is 0 Å². The lowest BCUT2D eigenvalue weighted by Gasteiger charge is -2.30. The van der Waals surface area contributed by atoms with Crippen molar-refractivity contribution in [2.45, 2.75) is 18.9 Å². The quantitative estimate of drug-likeness (QED) is 0.754. The van der Waals surface area contributed by atoms with Crippen LogP contribution in [0, 0.1) is 5.82 Å². The van der Waals surface area contributed by atoms with Gasteiger partial charge in [-0.05, 0) is 38.6 Å². The van der Waals surface area contributed by atoms with Crippen LogP contribution in [0.4, 0.5) is 4.39 Å². The molecular formula is C13H16FN3. The van der Waals surface area contributed by atoms with Crippen LogP contribution in [-0.4, -0.2) is 34.6 Å². The Balaban J connectivity index is 1.99. The van der Waals surface area contributed by atoms with Gasteiger partial charge in [0.05, 0.1) is 17.4 Å². The topological polar surface area (TPSA) is 21.1 Å². The lowest BCUT2D eigenvalue weighted by molar-refractivity contribution is 0.214. The van der Waals surface area contributed by atoms with Crippen LogP contribution in [-0.2, 0) is 0 Å². The van der Waals surface area contributed by atoms with Gasteiger partial charge in [-0.3, -0.25) is 0 Å². The van der Waals surface area contributed by atoms with Gasteiger partial charge in [0.2, 0.25) is 0 Å². The average molecular weight is 233 g/mol. The fraction of sp³-hybridized carbons (Fsp3) is 0.462. The molecule has 4 heteroatoms. The minimum atomic E-state index is -0.219. The van der Waals surface area contributed by atoms with Crippen molar-refractivity contribution in [2.24, 2.45) is 0 Å². The fourth-order valence-corrected chi connectivity index (χ4v) is 2.66. The fourth-order valence-electron chi connectivity index (χ4n) is 2.66. The molecule has 0 spiro atoms. The molecule has 2 heterocycles. The summed E-state index contributed by atoms with van der Waals surface area (Å²) in [6, 6.07) is 5.29. The summed E-state index contributed by atoms with van der Waals surface area (Å²) < 4.78 is 15.3. The number of halogens is 1. The summed E-state index contributed by atoms with van der Waals surface area (Å²) in [5.41, 5.74) is 1.78. The number of imidazole rings is 1. The standard InChI is InChI=1S/C13H16FN3/c1-16-6-2-3-11(8-16)17-9-15-12-7-10(14)4-5-13(12)17/h4-5,7,9,11H,2-3,6,8H2,1H3. The molecule has 3 rings (SSSR count). The third-order valence-electron chi connectivity index (χ3n) is 3.53. The third-order valence-corrected chi connectivity index (χ3v) is 3.53. The Morgan fingerprint density at radius 1 is 1.41 bits per heavy atom. The molecule has 0 radical (unpaired) electrons. The zero-order valence-corrected chi connectivity index (χ0v) is 9.93. The van der Waals surface area contributed by atoms with Crippen molar-refractivity contribution in [3.63, 3.8) is 0 Å². The molecule has 0 saturated carbocycles. The Morgan fingerprint density at radius 3 is 3.12 bits per heavy atom. The zero-order valence-electron chi connectivity index (χ0n) is 9.93. The van der Waals surface area contributed by atoms with Crippen molar-refractivity contribution in [3.05, 3.63) is 30.3 Å². The maximum Gasteiger partial charge on any atom is 0.125 e. The second-order valence-corrected chi connectivity index (χ2v) is 4.84. The Bertz CT molecular complexity index is 534. The Hall–Kier alpha value is -1.42. The zero-order chi connectivity index (χ0) is 11.8. The van der Waals surface area contributed by atoms with Crippen molar-refractivity contribution in [2.75, 3.05) is 20.1 Å². The van der Waals surface area contributed by atoms with E-state index in [1.165, 1.54) is 25.0 Å². The second-order valence-electron chi connectivity index (χ2n) is 4.84. The van der Waals surface area contributed by atoms with E-state index in [0.29, 0.717) is 6.04 Å². The van der Waals surface area contributed by atoms with Gasteiger partial charge in [-0.2, -0.15) is 0 Å². The van der Waals surface area contributed by atoms with Crippen molar-refractivity contribution in [3.8, 4) is 0 Å². The summed E-state index contributed by atoms with van der Waals surface area (Å²) in [7, 11) is 2.14. The average Bonchev–Trinajstić information content (AvgIpc) is 2.71. The van der Waals surface area contributed by atoms with E-state index < -0.39 is 0 Å². The molecule has 0 bridgehead atoms. The number of hydrogen-bond acceptors (Lipinski definition) is 2. The SMILES string of the molecule is CN1CCCC(n2cnc3cc(F)ccc32)C1. The van der Waals surface area contributed by atoms with Crippen LogP contribution in [0.15, 0.2) is 24.5 Å². The predicted octanol–water partition coefficient (Wildman–Crippen LogP) is 2.44. The molecule has 1 aliphatic heterocycles. The van der Waals surface area contributed by atoms with Crippen LogP contribution in [0.5, 0.6) is 0 Å². The maximum atomic E-state index is 13.1. The van der Waals surface area contributed by atoms with Crippen LogP contribution >= 0.6 is 0 Å². The minimum Gasteiger partial charge on any atom is -0.326 e. The van der Waals surface area contributed by atoms with Gasteiger partial charge in [0.15, 0.2) is 0 Å². The molecule has 1 aliphatic rings. The van der Waals surface area contributed by atoms with Crippen LogP contribution in [0.25, 0.3) is 11.0 Å². The first kappa shape index (κ1) is 10.7. The monoisotopic (exact) mass is 233 g/mol. The minimum absolute atomic E-state index is 0.219. The number of rotatable bonds is 1. The lowest BCUT2D eigenvalue weighted by atomic mass is 10.1. The van der Waals surface area contributed by atoms with Crippen LogP contribution in [0.3, 0.4) is 0 Å². The highest BCUT2D eigenvalue weighted by molar-refractivity contribution is 5.75. The van der Waals surface area contributed by atoms with E-state index in [0.717, 1.165) is 24.1 Å². The normalized spacial score (nSPS) is 22.1. The van der Waals surface area contributed by atoms with Crippen molar-refractivity contribution < 1.29 is 4.39 Å². The second kappa shape index (κ2) is 4.11. The smallest absolute Gasteiger partial charge is 0.125 e. The van der Waals surface area contributed by atoms with Gasteiger partial charge < -0.3 is 9.47 Å². The number of aromatic nitrogens is 2. The van der Waals surface area contributed by atoms with E-state index in [1.54, 1.807) is 0 Å². The summed E-state index contributed by atoms with van der Waals surface area (Å²) in [5.74, 6) is -0.219. The van der Waals surface area contributed by atoms with E-state index in [1.807, 2.05) is 12.4 Å². The molecule has 0 aliphatic carbocycles. The van der Waals surface area contributed by atoms with Crippen LogP contribution in [0.2, 0.25) is 0 Å². The van der Waals surface area contributed by atoms with E-state index in [-0.39, 0.29) is 5.82 Å². The molecule has 0 N–H and O–H groups in total. The number of piperidine rings is 1. The van der Waals surface area contributed by atoms with Crippen LogP contribution in [0.1, 0.15) is 18.9 Å². The molecule has 1 atom stereocenters. The molecule has 1 fully saturated rings. The van der Waals surface area contributed by atoms with Crippen molar-refractivity contribution >= 4 is 11.0 Å². The van der Waals surface area contributed by atoms with Gasteiger partial charge in [-0.15, -0.1) is 0 Å². The Kier molecular flexibility index (Phi) is 2.59. The summed E-state index contributed by atoms with van der Waals surface area (Å²) in [6.45, 7) is 2.21. The van der Waals surface area contributed by atoms with E-state index in [9.17, 15) is 4.39 Å². The number of nitrogens with zero attached hydrogens (tertiary/aromatic N) is 3. The molecule has 1 saturated heterocycles. The molecule has 3 nitrogen and oxygen atoms in total. The summed E-state index contributed by atoms with van der Waals surface area (Å²) >= 11 is 0. The summed E-state index contributed by atoms with van der Waals surface area (Å²) in [5, 5.41) is 0. The Labute approximate surface area is 99.9 Å². The molecule has 0 amide bonds. The molecule has 2 aromatic rings. The lowest BCUT2D eigenvalue weighted by Crippen LogP contribution is -2.33.